The van der Waals surface area contributed by atoms with Crippen LogP contribution in [0.1, 0.15) is 49.9 Å². The van der Waals surface area contributed by atoms with Crippen LogP contribution in [0.25, 0.3) is 53.2 Å². The molecule has 10 aromatic rings. The Bertz CT molecular complexity index is 3390. The Labute approximate surface area is 361 Å². The number of benzene rings is 9. The van der Waals surface area contributed by atoms with Crippen molar-refractivity contribution in [2.75, 3.05) is 9.80 Å². The van der Waals surface area contributed by atoms with Gasteiger partial charge in [0.2, 0.25) is 0 Å². The minimum atomic E-state index is -0.252. The van der Waals surface area contributed by atoms with Gasteiger partial charge in [-0.1, -0.05) is 173 Å². The first-order valence-electron chi connectivity index (χ1n) is 21.4. The van der Waals surface area contributed by atoms with E-state index in [4.69, 9.17) is 0 Å². The van der Waals surface area contributed by atoms with Crippen molar-refractivity contribution in [1.82, 2.24) is 0 Å². The molecule has 0 unspecified atom stereocenters. The molecule has 0 atom stereocenters. The van der Waals surface area contributed by atoms with Gasteiger partial charge in [-0.05, 0) is 87.3 Å². The van der Waals surface area contributed by atoms with Crippen molar-refractivity contribution >= 4 is 76.4 Å². The third-order valence-corrected chi connectivity index (χ3v) is 14.9. The highest BCUT2D eigenvalue weighted by molar-refractivity contribution is 7.26. The molecule has 1 aliphatic carbocycles. The summed E-state index contributed by atoms with van der Waals surface area (Å²) in [4.78, 5) is 5.04. The van der Waals surface area contributed by atoms with Gasteiger partial charge in [0.1, 0.15) is 0 Å². The maximum atomic E-state index is 2.59. The summed E-state index contributed by atoms with van der Waals surface area (Å²) >= 11 is 1.90. The largest absolute Gasteiger partial charge is 0.310 e. The molecule has 3 heteroatoms. The minimum absolute atomic E-state index is 0.118. The summed E-state index contributed by atoms with van der Waals surface area (Å²) in [6, 6.07) is 72.4. The molecular formula is C58H44N2S. The second kappa shape index (κ2) is 13.3. The summed E-state index contributed by atoms with van der Waals surface area (Å²) in [5.74, 6) is 0. The number of nitrogens with zero attached hydrogens (tertiary/aromatic N) is 2. The highest BCUT2D eigenvalue weighted by atomic mass is 32.1. The number of rotatable bonds is 5. The molecule has 12 rings (SSSR count). The van der Waals surface area contributed by atoms with Crippen LogP contribution in [0.3, 0.4) is 0 Å². The molecule has 0 N–H and O–H groups in total. The monoisotopic (exact) mass is 800 g/mol. The summed E-state index contributed by atoms with van der Waals surface area (Å²) in [5.41, 5.74) is 17.1. The number of hydrogen-bond acceptors (Lipinski definition) is 3. The molecular weight excluding hydrogens is 757 g/mol. The van der Waals surface area contributed by atoms with Crippen LogP contribution in [-0.4, -0.2) is 0 Å². The Hall–Kier alpha value is -6.94. The summed E-state index contributed by atoms with van der Waals surface area (Å²) in [7, 11) is 0. The van der Waals surface area contributed by atoms with Crippen LogP contribution in [0.4, 0.5) is 34.1 Å². The molecule has 0 bridgehead atoms. The van der Waals surface area contributed by atoms with Gasteiger partial charge in [-0.15, -0.1) is 11.3 Å². The van der Waals surface area contributed by atoms with Crippen molar-refractivity contribution in [3.8, 4) is 22.3 Å². The number of anilines is 6. The molecule has 0 saturated carbocycles. The molecule has 0 saturated heterocycles. The lowest BCUT2D eigenvalue weighted by molar-refractivity contribution is 0.632. The van der Waals surface area contributed by atoms with Gasteiger partial charge in [0, 0.05) is 64.6 Å². The van der Waals surface area contributed by atoms with E-state index in [2.05, 4.69) is 232 Å². The fraction of sp³-hybridized carbons (Fsp3) is 0.103. The molecule has 61 heavy (non-hydrogen) atoms. The van der Waals surface area contributed by atoms with Crippen LogP contribution in [-0.2, 0) is 10.8 Å². The average molecular weight is 801 g/mol. The van der Waals surface area contributed by atoms with Crippen LogP contribution >= 0.6 is 11.3 Å². The van der Waals surface area contributed by atoms with Crippen molar-refractivity contribution in [3.63, 3.8) is 0 Å². The van der Waals surface area contributed by atoms with E-state index in [9.17, 15) is 0 Å². The second-order valence-corrected chi connectivity index (χ2v) is 18.8. The topological polar surface area (TPSA) is 6.48 Å². The normalized spacial score (nSPS) is 14.5. The van der Waals surface area contributed by atoms with Gasteiger partial charge in [-0.2, -0.15) is 0 Å². The number of fused-ring (bicyclic) bond motifs is 9. The third-order valence-electron chi connectivity index (χ3n) is 13.6. The summed E-state index contributed by atoms with van der Waals surface area (Å²) in [6.45, 7) is 9.51. The molecule has 0 radical (unpaired) electrons. The van der Waals surface area contributed by atoms with Crippen LogP contribution in [0.15, 0.2) is 194 Å². The zero-order valence-corrected chi connectivity index (χ0v) is 35.6. The lowest BCUT2D eigenvalue weighted by Crippen LogP contribution is -2.31. The smallest absolute Gasteiger partial charge is 0.0619 e. The van der Waals surface area contributed by atoms with Crippen LogP contribution in [0.2, 0.25) is 0 Å². The SMILES string of the molecule is CC1(C)c2ccccc2-c2ccc(N(c3ccccc3)c3ccc4c(c3)N(c3c(-c5cccc6c5sc5ccccc56)ccc5ccccc35)c3ccccc3C4(C)C)cc21. The number of thiophene rings is 1. The minimum Gasteiger partial charge on any atom is -0.310 e. The third kappa shape index (κ3) is 5.27. The van der Waals surface area contributed by atoms with Gasteiger partial charge in [0.15, 0.2) is 0 Å². The van der Waals surface area contributed by atoms with Crippen LogP contribution in [0.5, 0.6) is 0 Å². The summed E-state index contributed by atoms with van der Waals surface area (Å²) in [6.07, 6.45) is 0. The molecule has 2 heterocycles. The predicted molar refractivity (Wildman–Crippen MR) is 261 cm³/mol. The second-order valence-electron chi connectivity index (χ2n) is 17.7. The van der Waals surface area contributed by atoms with Gasteiger partial charge in [-0.25, -0.2) is 0 Å². The fourth-order valence-electron chi connectivity index (χ4n) is 10.6. The first-order chi connectivity index (χ1) is 29.8. The Balaban J connectivity index is 1.13. The van der Waals surface area contributed by atoms with E-state index in [0.29, 0.717) is 0 Å². The Morgan fingerprint density at radius 1 is 0.393 bits per heavy atom. The fourth-order valence-corrected chi connectivity index (χ4v) is 11.8. The van der Waals surface area contributed by atoms with Gasteiger partial charge >= 0.3 is 0 Å². The molecule has 2 aliphatic rings. The molecule has 292 valence electrons. The summed E-state index contributed by atoms with van der Waals surface area (Å²) in [5, 5.41) is 5.06. The molecule has 9 aromatic carbocycles. The van der Waals surface area contributed by atoms with Crippen molar-refractivity contribution in [2.24, 2.45) is 0 Å². The first-order valence-corrected chi connectivity index (χ1v) is 22.2. The average Bonchev–Trinajstić information content (AvgIpc) is 3.79. The quantitative estimate of drug-likeness (QED) is 0.171. The maximum Gasteiger partial charge on any atom is 0.0619 e. The molecule has 0 spiro atoms. The van der Waals surface area contributed by atoms with Gasteiger partial charge in [0.25, 0.3) is 0 Å². The van der Waals surface area contributed by atoms with Crippen molar-refractivity contribution in [3.05, 3.63) is 216 Å². The Morgan fingerprint density at radius 2 is 1.00 bits per heavy atom. The molecule has 1 aromatic heterocycles. The zero-order chi connectivity index (χ0) is 41.0. The van der Waals surface area contributed by atoms with Crippen molar-refractivity contribution in [1.29, 1.82) is 0 Å². The predicted octanol–water partition coefficient (Wildman–Crippen LogP) is 16.8. The van der Waals surface area contributed by atoms with E-state index in [1.54, 1.807) is 0 Å². The van der Waals surface area contributed by atoms with E-state index in [1.807, 2.05) is 11.3 Å². The first kappa shape index (κ1) is 36.0. The zero-order valence-electron chi connectivity index (χ0n) is 34.8. The standard InChI is InChI=1S/C58H44N2S/c1-57(2)48-25-12-10-21-42(48)43-33-30-39(35-51(43)57)59(38-18-6-5-7-19-38)40-31-34-50-53(36-40)60(52-27-14-13-26-49(52)58(50,3)4)55-41-20-9-8-17-37(41)29-32-45(55)47-24-16-23-46-44-22-11-15-28-54(44)61-56(46)47/h5-36H,1-4H3. The maximum absolute atomic E-state index is 2.59. The Kier molecular flexibility index (Phi) is 7.83. The van der Waals surface area contributed by atoms with Crippen LogP contribution in [0, 0.1) is 0 Å². The van der Waals surface area contributed by atoms with E-state index in [-0.39, 0.29) is 10.8 Å². The molecule has 0 fully saturated rings. The van der Waals surface area contributed by atoms with Crippen LogP contribution < -0.4 is 9.80 Å². The molecule has 1 aliphatic heterocycles. The lowest BCUT2D eigenvalue weighted by Gasteiger charge is -2.43. The highest BCUT2D eigenvalue weighted by Gasteiger charge is 2.39. The highest BCUT2D eigenvalue weighted by Crippen LogP contribution is 2.57. The van der Waals surface area contributed by atoms with E-state index >= 15 is 0 Å². The van der Waals surface area contributed by atoms with Gasteiger partial charge in [-0.3, -0.25) is 0 Å². The Morgan fingerprint density at radius 3 is 1.87 bits per heavy atom. The van der Waals surface area contributed by atoms with Crippen molar-refractivity contribution in [2.45, 2.75) is 38.5 Å². The van der Waals surface area contributed by atoms with Gasteiger partial charge < -0.3 is 9.80 Å². The van der Waals surface area contributed by atoms with E-state index in [1.165, 1.54) is 92.5 Å². The van der Waals surface area contributed by atoms with E-state index < -0.39 is 0 Å². The number of para-hydroxylation sites is 2. The molecule has 0 amide bonds. The lowest BCUT2D eigenvalue weighted by atomic mass is 9.73. The van der Waals surface area contributed by atoms with Gasteiger partial charge in [0.05, 0.1) is 17.1 Å². The summed E-state index contributed by atoms with van der Waals surface area (Å²) < 4.78 is 2.63. The molecule has 2 nitrogen and oxygen atoms in total. The van der Waals surface area contributed by atoms with Crippen molar-refractivity contribution < 1.29 is 0 Å². The van der Waals surface area contributed by atoms with E-state index in [0.717, 1.165) is 17.1 Å². The number of hydrogen-bond donors (Lipinski definition) is 0.